The van der Waals surface area contributed by atoms with Gasteiger partial charge in [0.05, 0.1) is 0 Å². The van der Waals surface area contributed by atoms with E-state index < -0.39 is 0 Å². The van der Waals surface area contributed by atoms with E-state index >= 15 is 0 Å². The molecule has 0 bridgehead atoms. The van der Waals surface area contributed by atoms with Crippen molar-refractivity contribution in [3.05, 3.63) is 40.8 Å². The average Bonchev–Trinajstić information content (AvgIpc) is 1.82. The summed E-state index contributed by atoms with van der Waals surface area (Å²) < 4.78 is 0.484. The van der Waals surface area contributed by atoms with Crippen LogP contribution in [0.2, 0.25) is 5.15 Å². The molecule has 1 rings (SSSR count). The molecule has 4 radical (unpaired) electrons. The molecule has 0 saturated carbocycles. The van der Waals surface area contributed by atoms with Gasteiger partial charge in [0.2, 0.25) is 0 Å². The van der Waals surface area contributed by atoms with Crippen molar-refractivity contribution >= 4 is 27.5 Å². The first-order valence-corrected chi connectivity index (χ1v) is 3.65. The van der Waals surface area contributed by atoms with Crippen LogP contribution in [0.3, 0.4) is 0 Å². The zero-order valence-electron chi connectivity index (χ0n) is 4.94. The summed E-state index contributed by atoms with van der Waals surface area (Å²) in [6.07, 6.45) is 0. The molecule has 0 amide bonds. The Kier molecular flexibility index (Phi) is 2.32. The lowest BCUT2D eigenvalue weighted by Crippen LogP contribution is -1.86. The summed E-state index contributed by atoms with van der Waals surface area (Å²) in [7, 11) is 0. The lowest BCUT2D eigenvalue weighted by atomic mass is 10.2. The maximum Gasteiger partial charge on any atom is 0.130 e. The minimum Gasteiger partial charge on any atom is -0.229 e. The minimum atomic E-state index is 0.332. The van der Waals surface area contributed by atoms with Gasteiger partial charge in [-0.2, -0.15) is 0 Å². The van der Waals surface area contributed by atoms with Crippen LogP contribution >= 0.6 is 27.5 Å². The van der Waals surface area contributed by atoms with Crippen LogP contribution in [-0.2, 0) is 0 Å². The molecular formula is C7H3BrClN. The highest BCUT2D eigenvalue weighted by Crippen LogP contribution is 2.19. The molecule has 0 aromatic carbocycles. The van der Waals surface area contributed by atoms with E-state index in [4.69, 9.17) is 25.4 Å². The second-order valence-corrected chi connectivity index (χ2v) is 2.88. The first kappa shape index (κ1) is 8.02. The third-order valence-corrected chi connectivity index (χ3v) is 1.81. The van der Waals surface area contributed by atoms with E-state index in [2.05, 4.69) is 20.9 Å². The van der Waals surface area contributed by atoms with Gasteiger partial charge in [-0.1, -0.05) is 11.6 Å². The van der Waals surface area contributed by atoms with Crippen molar-refractivity contribution < 1.29 is 0 Å². The molecule has 0 unspecified atom stereocenters. The predicted molar refractivity (Wildman–Crippen MR) is 43.8 cm³/mol. The Morgan fingerprint density at radius 2 is 2.10 bits per heavy atom. The van der Waals surface area contributed by atoms with Gasteiger partial charge in [0.15, 0.2) is 0 Å². The zero-order valence-corrected chi connectivity index (χ0v) is 7.28. The smallest absolute Gasteiger partial charge is 0.130 e. The first-order chi connectivity index (χ1) is 4.61. The molecule has 50 valence electrons. The van der Waals surface area contributed by atoms with Crippen molar-refractivity contribution in [2.45, 2.75) is 0 Å². The summed E-state index contributed by atoms with van der Waals surface area (Å²) >= 11 is 8.64. The van der Waals surface area contributed by atoms with Gasteiger partial charge in [-0.15, -0.1) is 0 Å². The molecule has 0 aliphatic rings. The highest BCUT2D eigenvalue weighted by atomic mass is 79.9. The van der Waals surface area contributed by atoms with E-state index in [9.17, 15) is 0 Å². The summed E-state index contributed by atoms with van der Waals surface area (Å²) in [5.74, 6) is 0. The number of nitrogens with zero attached hydrogens (tertiary/aromatic N) is 1. The van der Waals surface area contributed by atoms with Crippen LogP contribution < -0.4 is 0 Å². The summed E-state index contributed by atoms with van der Waals surface area (Å²) in [6.45, 7) is 10.9. The molecule has 1 aromatic heterocycles. The number of rotatable bonds is 0. The maximum absolute atomic E-state index is 5.55. The molecule has 10 heavy (non-hydrogen) atoms. The van der Waals surface area contributed by atoms with Crippen LogP contribution in [0.4, 0.5) is 0 Å². The van der Waals surface area contributed by atoms with E-state index in [0.29, 0.717) is 20.9 Å². The first-order valence-electron chi connectivity index (χ1n) is 2.48. The summed E-state index contributed by atoms with van der Waals surface area (Å²) in [6, 6.07) is 1.50. The van der Waals surface area contributed by atoms with Gasteiger partial charge in [-0.05, 0) is 40.0 Å². The van der Waals surface area contributed by atoms with Crippen LogP contribution in [0.1, 0.15) is 11.1 Å². The summed E-state index contributed by atoms with van der Waals surface area (Å²) in [5.41, 5.74) is 0.858. The summed E-state index contributed by atoms with van der Waals surface area (Å²) in [5, 5.41) is 0.332. The van der Waals surface area contributed by atoms with Crippen LogP contribution in [0.25, 0.3) is 0 Å². The Balaban J connectivity index is 3.31. The number of hydrogen-bond acceptors (Lipinski definition) is 1. The number of hydrogen-bond donors (Lipinski definition) is 0. The predicted octanol–water partition coefficient (Wildman–Crippen LogP) is 2.62. The molecule has 0 atom stereocenters. The highest BCUT2D eigenvalue weighted by Gasteiger charge is 2.00. The van der Waals surface area contributed by atoms with E-state index in [1.54, 1.807) is 0 Å². The second-order valence-electron chi connectivity index (χ2n) is 1.74. The monoisotopic (exact) mass is 215 g/mol. The van der Waals surface area contributed by atoms with E-state index in [0.717, 1.165) is 0 Å². The van der Waals surface area contributed by atoms with Crippen molar-refractivity contribution in [2.24, 2.45) is 0 Å². The van der Waals surface area contributed by atoms with Gasteiger partial charge in [-0.25, -0.2) is 4.98 Å². The molecule has 1 nitrogen and oxygen atoms in total. The number of halogens is 2. The van der Waals surface area contributed by atoms with Crippen molar-refractivity contribution in [3.63, 3.8) is 0 Å². The molecule has 0 N–H and O–H groups in total. The molecule has 0 fully saturated rings. The van der Waals surface area contributed by atoms with Crippen LogP contribution in [-0.4, -0.2) is 4.98 Å². The van der Waals surface area contributed by atoms with Gasteiger partial charge in [-0.3, -0.25) is 0 Å². The van der Waals surface area contributed by atoms with Gasteiger partial charge >= 0.3 is 0 Å². The van der Waals surface area contributed by atoms with Crippen molar-refractivity contribution in [3.8, 4) is 0 Å². The normalized spacial score (nSPS) is 10.0. The quantitative estimate of drug-likeness (QED) is 0.608. The summed E-state index contributed by atoms with van der Waals surface area (Å²) in [4.78, 5) is 3.81. The van der Waals surface area contributed by atoms with Gasteiger partial charge in [0.1, 0.15) is 9.76 Å². The lowest BCUT2D eigenvalue weighted by molar-refractivity contribution is 1.23. The zero-order chi connectivity index (χ0) is 7.72. The maximum atomic E-state index is 5.55. The van der Waals surface area contributed by atoms with Crippen LogP contribution in [0, 0.1) is 13.8 Å². The molecule has 0 aliphatic heterocycles. The van der Waals surface area contributed by atoms with Gasteiger partial charge in [0.25, 0.3) is 0 Å². The molecule has 1 heterocycles. The molecular weight excluding hydrogens is 213 g/mol. The Labute approximate surface area is 73.6 Å². The second kappa shape index (κ2) is 2.89. The molecule has 0 saturated heterocycles. The van der Waals surface area contributed by atoms with Gasteiger partial charge in [0, 0.05) is 6.92 Å². The van der Waals surface area contributed by atoms with Crippen molar-refractivity contribution in [1.82, 2.24) is 4.98 Å². The lowest BCUT2D eigenvalue weighted by Gasteiger charge is -2.00. The highest BCUT2D eigenvalue weighted by molar-refractivity contribution is 9.10. The number of aromatic nitrogens is 1. The third-order valence-electron chi connectivity index (χ3n) is 1.01. The third kappa shape index (κ3) is 1.50. The standard InChI is InChI=1S/C7H3BrClN/c1-4-3-6(9)10-7(8)5(4)2/h1-3H. The molecule has 0 aliphatic carbocycles. The van der Waals surface area contributed by atoms with E-state index in [1.165, 1.54) is 6.07 Å². The Morgan fingerprint density at radius 3 is 2.60 bits per heavy atom. The Morgan fingerprint density at radius 1 is 1.50 bits per heavy atom. The van der Waals surface area contributed by atoms with Gasteiger partial charge < -0.3 is 0 Å². The van der Waals surface area contributed by atoms with Crippen LogP contribution in [0.15, 0.2) is 10.7 Å². The minimum absolute atomic E-state index is 0.332. The fourth-order valence-corrected chi connectivity index (χ4v) is 1.24. The van der Waals surface area contributed by atoms with Crippen molar-refractivity contribution in [1.29, 1.82) is 0 Å². The topological polar surface area (TPSA) is 12.9 Å². The Bertz CT molecular complexity index is 237. The van der Waals surface area contributed by atoms with E-state index in [1.807, 2.05) is 0 Å². The Hall–Kier alpha value is -0.0800. The molecule has 1 aromatic rings. The fourth-order valence-electron chi connectivity index (χ4n) is 0.511. The SMILES string of the molecule is [CH]c1cc(Cl)nc(Br)c1[CH]. The van der Waals surface area contributed by atoms with Crippen LogP contribution in [0.5, 0.6) is 0 Å². The van der Waals surface area contributed by atoms with Crippen molar-refractivity contribution in [2.75, 3.05) is 0 Å². The number of pyridine rings is 1. The molecule has 0 spiro atoms. The van der Waals surface area contributed by atoms with E-state index in [-0.39, 0.29) is 0 Å². The fraction of sp³-hybridized carbons (Fsp3) is 0. The molecule has 3 heteroatoms. The average molecular weight is 216 g/mol. The largest absolute Gasteiger partial charge is 0.229 e.